The first-order chi connectivity index (χ1) is 9.19. The highest BCUT2D eigenvalue weighted by atomic mass is 15.2. The highest BCUT2D eigenvalue weighted by Crippen LogP contribution is 2.19. The molecule has 0 radical (unpaired) electrons. The van der Waals surface area contributed by atoms with Gasteiger partial charge in [-0.2, -0.15) is 5.26 Å². The van der Waals surface area contributed by atoms with E-state index in [1.165, 1.54) is 0 Å². The summed E-state index contributed by atoms with van der Waals surface area (Å²) in [7, 11) is 0. The summed E-state index contributed by atoms with van der Waals surface area (Å²) >= 11 is 0. The van der Waals surface area contributed by atoms with Gasteiger partial charge in [-0.3, -0.25) is 0 Å². The lowest BCUT2D eigenvalue weighted by molar-refractivity contribution is 0.292. The molecule has 1 aromatic carbocycles. The second kappa shape index (κ2) is 5.72. The Bertz CT molecular complexity index is 604. The molecule has 0 aliphatic heterocycles. The van der Waals surface area contributed by atoms with Gasteiger partial charge in [-0.05, 0) is 31.3 Å². The molecule has 0 aliphatic carbocycles. The van der Waals surface area contributed by atoms with Crippen LogP contribution in [0.2, 0.25) is 0 Å². The van der Waals surface area contributed by atoms with Crippen molar-refractivity contribution in [3.05, 3.63) is 23.8 Å². The summed E-state index contributed by atoms with van der Waals surface area (Å²) in [6, 6.07) is 7.61. The molecule has 0 spiro atoms. The van der Waals surface area contributed by atoms with Gasteiger partial charge in [0.2, 0.25) is 5.95 Å². The van der Waals surface area contributed by atoms with Gasteiger partial charge in [0.25, 0.3) is 0 Å². The number of nitrogens with two attached hydrogens (primary N) is 1. The van der Waals surface area contributed by atoms with Crippen molar-refractivity contribution in [2.75, 3.05) is 25.4 Å². The van der Waals surface area contributed by atoms with Crippen molar-refractivity contribution in [1.29, 1.82) is 5.26 Å². The van der Waals surface area contributed by atoms with Crippen LogP contribution >= 0.6 is 0 Å². The maximum atomic E-state index is 8.97. The molecule has 1 aromatic heterocycles. The third kappa shape index (κ3) is 2.69. The SMILES string of the molecule is CCN(CC)CCn1c(N)nc2ccc(C#N)cc21. The molecule has 5 heteroatoms. The van der Waals surface area contributed by atoms with E-state index in [1.807, 2.05) is 16.7 Å². The van der Waals surface area contributed by atoms with Crippen LogP contribution in [0.5, 0.6) is 0 Å². The Morgan fingerprint density at radius 3 is 2.74 bits per heavy atom. The standard InChI is InChI=1S/C14H19N5/c1-3-18(4-2)7-8-19-13-9-11(10-15)5-6-12(13)17-14(19)16/h5-6,9H,3-4,7-8H2,1-2H3,(H2,16,17). The fourth-order valence-corrected chi connectivity index (χ4v) is 2.23. The van der Waals surface area contributed by atoms with E-state index in [9.17, 15) is 0 Å². The van der Waals surface area contributed by atoms with Crippen LogP contribution in [-0.4, -0.2) is 34.1 Å². The van der Waals surface area contributed by atoms with Gasteiger partial charge in [0.15, 0.2) is 0 Å². The Labute approximate surface area is 113 Å². The van der Waals surface area contributed by atoms with Crippen LogP contribution in [0.3, 0.4) is 0 Å². The van der Waals surface area contributed by atoms with Gasteiger partial charge in [-0.1, -0.05) is 13.8 Å². The second-order valence-corrected chi connectivity index (χ2v) is 4.46. The molecule has 0 bridgehead atoms. The first kappa shape index (κ1) is 13.4. The number of hydrogen-bond donors (Lipinski definition) is 1. The average molecular weight is 257 g/mol. The number of imidazole rings is 1. The number of hydrogen-bond acceptors (Lipinski definition) is 4. The molecule has 0 amide bonds. The van der Waals surface area contributed by atoms with Crippen LogP contribution < -0.4 is 5.73 Å². The number of fused-ring (bicyclic) bond motifs is 1. The minimum Gasteiger partial charge on any atom is -0.369 e. The smallest absolute Gasteiger partial charge is 0.201 e. The molecule has 1 heterocycles. The maximum Gasteiger partial charge on any atom is 0.201 e. The molecule has 0 unspecified atom stereocenters. The topological polar surface area (TPSA) is 70.9 Å². The summed E-state index contributed by atoms with van der Waals surface area (Å²) in [6.45, 7) is 8.05. The van der Waals surface area contributed by atoms with Crippen molar-refractivity contribution in [2.24, 2.45) is 0 Å². The summed E-state index contributed by atoms with van der Waals surface area (Å²) in [4.78, 5) is 6.66. The van der Waals surface area contributed by atoms with Crippen molar-refractivity contribution in [3.8, 4) is 6.07 Å². The molecule has 19 heavy (non-hydrogen) atoms. The Kier molecular flexibility index (Phi) is 4.03. The van der Waals surface area contributed by atoms with Crippen molar-refractivity contribution in [1.82, 2.24) is 14.5 Å². The van der Waals surface area contributed by atoms with Crippen LogP contribution in [0, 0.1) is 11.3 Å². The molecular formula is C14H19N5. The van der Waals surface area contributed by atoms with Gasteiger partial charge in [-0.15, -0.1) is 0 Å². The molecule has 2 N–H and O–H groups in total. The summed E-state index contributed by atoms with van der Waals surface area (Å²) in [5.74, 6) is 0.511. The monoisotopic (exact) mass is 257 g/mol. The van der Waals surface area contributed by atoms with Crippen molar-refractivity contribution < 1.29 is 0 Å². The van der Waals surface area contributed by atoms with E-state index in [-0.39, 0.29) is 0 Å². The third-order valence-electron chi connectivity index (χ3n) is 3.44. The van der Waals surface area contributed by atoms with Gasteiger partial charge in [0.05, 0.1) is 22.7 Å². The van der Waals surface area contributed by atoms with E-state index >= 15 is 0 Å². The average Bonchev–Trinajstić information content (AvgIpc) is 2.75. The molecule has 0 saturated carbocycles. The molecule has 2 aromatic rings. The molecule has 0 atom stereocenters. The minimum absolute atomic E-state index is 0.511. The highest BCUT2D eigenvalue weighted by Gasteiger charge is 2.09. The summed E-state index contributed by atoms with van der Waals surface area (Å²) in [5.41, 5.74) is 8.38. The number of nitriles is 1. The van der Waals surface area contributed by atoms with Gasteiger partial charge in [-0.25, -0.2) is 4.98 Å². The van der Waals surface area contributed by atoms with E-state index in [2.05, 4.69) is 29.8 Å². The largest absolute Gasteiger partial charge is 0.369 e. The Hall–Kier alpha value is -2.06. The first-order valence-electron chi connectivity index (χ1n) is 6.57. The zero-order valence-electron chi connectivity index (χ0n) is 11.4. The third-order valence-corrected chi connectivity index (χ3v) is 3.44. The number of nitrogen functional groups attached to an aromatic ring is 1. The number of aromatic nitrogens is 2. The van der Waals surface area contributed by atoms with Crippen molar-refractivity contribution >= 4 is 17.0 Å². The zero-order valence-corrected chi connectivity index (χ0v) is 11.4. The quantitative estimate of drug-likeness (QED) is 0.887. The van der Waals surface area contributed by atoms with Gasteiger partial charge in [0.1, 0.15) is 0 Å². The van der Waals surface area contributed by atoms with Crippen LogP contribution in [0.15, 0.2) is 18.2 Å². The fraction of sp³-hybridized carbons (Fsp3) is 0.429. The minimum atomic E-state index is 0.511. The highest BCUT2D eigenvalue weighted by molar-refractivity contribution is 5.79. The number of likely N-dealkylation sites (N-methyl/N-ethyl adjacent to an activating group) is 1. The maximum absolute atomic E-state index is 8.97. The molecule has 100 valence electrons. The zero-order chi connectivity index (χ0) is 13.8. The lowest BCUT2D eigenvalue weighted by Gasteiger charge is -2.18. The van der Waals surface area contributed by atoms with E-state index in [0.29, 0.717) is 11.5 Å². The van der Waals surface area contributed by atoms with Crippen LogP contribution in [-0.2, 0) is 6.54 Å². The number of nitrogens with zero attached hydrogens (tertiary/aromatic N) is 4. The van der Waals surface area contributed by atoms with Gasteiger partial charge in [0, 0.05) is 13.1 Å². The Balaban J connectivity index is 2.31. The van der Waals surface area contributed by atoms with Crippen LogP contribution in [0.4, 0.5) is 5.95 Å². The second-order valence-electron chi connectivity index (χ2n) is 4.46. The summed E-state index contributed by atoms with van der Waals surface area (Å²) in [6.07, 6.45) is 0. The normalized spacial score (nSPS) is 11.1. The van der Waals surface area contributed by atoms with Crippen molar-refractivity contribution in [3.63, 3.8) is 0 Å². The lowest BCUT2D eigenvalue weighted by atomic mass is 10.2. The number of benzene rings is 1. The predicted octanol–water partition coefficient (Wildman–Crippen LogP) is 1.83. The van der Waals surface area contributed by atoms with Gasteiger partial charge < -0.3 is 15.2 Å². The molecule has 5 nitrogen and oxygen atoms in total. The van der Waals surface area contributed by atoms with Crippen LogP contribution in [0.25, 0.3) is 11.0 Å². The number of anilines is 1. The molecule has 0 saturated heterocycles. The molecular weight excluding hydrogens is 238 g/mol. The van der Waals surface area contributed by atoms with E-state index in [1.54, 1.807) is 6.07 Å². The van der Waals surface area contributed by atoms with Crippen molar-refractivity contribution in [2.45, 2.75) is 20.4 Å². The number of rotatable bonds is 5. The van der Waals surface area contributed by atoms with Crippen LogP contribution in [0.1, 0.15) is 19.4 Å². The Morgan fingerprint density at radius 2 is 2.11 bits per heavy atom. The predicted molar refractivity (Wildman–Crippen MR) is 76.6 cm³/mol. The molecule has 0 aliphatic rings. The van der Waals surface area contributed by atoms with Gasteiger partial charge >= 0.3 is 0 Å². The Morgan fingerprint density at radius 1 is 1.37 bits per heavy atom. The van der Waals surface area contributed by atoms with E-state index < -0.39 is 0 Å². The summed E-state index contributed by atoms with van der Waals surface area (Å²) < 4.78 is 1.98. The summed E-state index contributed by atoms with van der Waals surface area (Å²) in [5, 5.41) is 8.97. The lowest BCUT2D eigenvalue weighted by Crippen LogP contribution is -2.27. The van der Waals surface area contributed by atoms with E-state index in [4.69, 9.17) is 11.0 Å². The fourth-order valence-electron chi connectivity index (χ4n) is 2.23. The van der Waals surface area contributed by atoms with E-state index in [0.717, 1.165) is 37.2 Å². The molecule has 0 fully saturated rings. The molecule has 2 rings (SSSR count). The first-order valence-corrected chi connectivity index (χ1v) is 6.57.